The molecule has 0 radical (unpaired) electrons. The number of benzene rings is 2. The van der Waals surface area contributed by atoms with Gasteiger partial charge in [0.2, 0.25) is 5.91 Å². The lowest BCUT2D eigenvalue weighted by molar-refractivity contribution is -0.124. The van der Waals surface area contributed by atoms with Crippen molar-refractivity contribution in [3.05, 3.63) is 54.1 Å². The van der Waals surface area contributed by atoms with Crippen LogP contribution in [0.25, 0.3) is 16.8 Å². The number of likely N-dealkylation sites (N-methyl/N-ethyl adjacent to an activating group) is 1. The molecule has 2 nitrogen and oxygen atoms in total. The van der Waals surface area contributed by atoms with Crippen molar-refractivity contribution in [2.75, 3.05) is 13.6 Å². The van der Waals surface area contributed by atoms with Crippen molar-refractivity contribution in [3.63, 3.8) is 0 Å². The van der Waals surface area contributed by atoms with Gasteiger partial charge in [-0.3, -0.25) is 4.79 Å². The van der Waals surface area contributed by atoms with Crippen LogP contribution in [-0.2, 0) is 4.79 Å². The Morgan fingerprint density at radius 2 is 1.89 bits per heavy atom. The number of carbonyl (C=O) groups excluding carboxylic acids is 1. The monoisotopic (exact) mass is 239 g/mol. The molecule has 0 spiro atoms. The highest BCUT2D eigenvalue weighted by Gasteiger charge is 2.01. The van der Waals surface area contributed by atoms with E-state index < -0.39 is 0 Å². The zero-order chi connectivity index (χ0) is 13.0. The van der Waals surface area contributed by atoms with Crippen molar-refractivity contribution in [3.8, 4) is 0 Å². The number of amides is 1. The van der Waals surface area contributed by atoms with Gasteiger partial charge in [0.05, 0.1) is 0 Å². The fourth-order valence-corrected chi connectivity index (χ4v) is 1.84. The van der Waals surface area contributed by atoms with Crippen LogP contribution in [-0.4, -0.2) is 24.4 Å². The second kappa shape index (κ2) is 5.50. The highest BCUT2D eigenvalue weighted by Crippen LogP contribution is 2.19. The quantitative estimate of drug-likeness (QED) is 0.752. The van der Waals surface area contributed by atoms with Gasteiger partial charge in [-0.1, -0.05) is 42.5 Å². The molecule has 2 heteroatoms. The molecule has 92 valence electrons. The molecule has 2 aromatic carbocycles. The van der Waals surface area contributed by atoms with Crippen LogP contribution in [0.4, 0.5) is 0 Å². The third-order valence-electron chi connectivity index (χ3n) is 3.08. The Balaban J connectivity index is 2.32. The molecule has 0 heterocycles. The minimum atomic E-state index is 0.0328. The third kappa shape index (κ3) is 2.59. The van der Waals surface area contributed by atoms with Crippen molar-refractivity contribution in [2.45, 2.75) is 6.92 Å². The first-order chi connectivity index (χ1) is 8.72. The maximum atomic E-state index is 11.7. The average molecular weight is 239 g/mol. The molecular formula is C16H17NO. The molecule has 2 aromatic rings. The zero-order valence-corrected chi connectivity index (χ0v) is 10.8. The molecule has 1 amide bonds. The van der Waals surface area contributed by atoms with Gasteiger partial charge in [0.1, 0.15) is 0 Å². The van der Waals surface area contributed by atoms with Crippen LogP contribution < -0.4 is 0 Å². The largest absolute Gasteiger partial charge is 0.343 e. The van der Waals surface area contributed by atoms with Gasteiger partial charge in [0.25, 0.3) is 0 Å². The first kappa shape index (κ1) is 12.4. The lowest BCUT2D eigenvalue weighted by atomic mass is 10.0. The first-order valence-corrected chi connectivity index (χ1v) is 6.13. The van der Waals surface area contributed by atoms with E-state index in [0.29, 0.717) is 0 Å². The van der Waals surface area contributed by atoms with E-state index in [9.17, 15) is 4.79 Å². The Bertz CT molecular complexity index is 581. The second-order valence-electron chi connectivity index (χ2n) is 4.25. The molecule has 0 bridgehead atoms. The highest BCUT2D eigenvalue weighted by atomic mass is 16.2. The van der Waals surface area contributed by atoms with Gasteiger partial charge in [-0.25, -0.2) is 0 Å². The number of carbonyl (C=O) groups is 1. The Morgan fingerprint density at radius 3 is 2.67 bits per heavy atom. The minimum absolute atomic E-state index is 0.0328. The topological polar surface area (TPSA) is 20.3 Å². The molecule has 0 aliphatic rings. The molecule has 0 N–H and O–H groups in total. The van der Waals surface area contributed by atoms with Gasteiger partial charge in [0, 0.05) is 19.7 Å². The Hall–Kier alpha value is -2.09. The van der Waals surface area contributed by atoms with Crippen molar-refractivity contribution in [1.82, 2.24) is 4.90 Å². The number of nitrogens with zero attached hydrogens (tertiary/aromatic N) is 1. The first-order valence-electron chi connectivity index (χ1n) is 6.13. The molecule has 0 aliphatic carbocycles. The second-order valence-corrected chi connectivity index (χ2v) is 4.25. The van der Waals surface area contributed by atoms with Crippen LogP contribution in [0.15, 0.2) is 48.5 Å². The molecule has 0 unspecified atom stereocenters. The van der Waals surface area contributed by atoms with E-state index in [4.69, 9.17) is 0 Å². The summed E-state index contributed by atoms with van der Waals surface area (Å²) in [6, 6.07) is 14.3. The third-order valence-corrected chi connectivity index (χ3v) is 3.08. The summed E-state index contributed by atoms with van der Waals surface area (Å²) < 4.78 is 0. The van der Waals surface area contributed by atoms with Crippen molar-refractivity contribution in [1.29, 1.82) is 0 Å². The minimum Gasteiger partial charge on any atom is -0.343 e. The fraction of sp³-hybridized carbons (Fsp3) is 0.188. The van der Waals surface area contributed by atoms with Crippen LogP contribution in [0.1, 0.15) is 12.5 Å². The van der Waals surface area contributed by atoms with Gasteiger partial charge in [0.15, 0.2) is 0 Å². The summed E-state index contributed by atoms with van der Waals surface area (Å²) in [5.74, 6) is 0.0328. The van der Waals surface area contributed by atoms with Gasteiger partial charge in [-0.15, -0.1) is 0 Å². The summed E-state index contributed by atoms with van der Waals surface area (Å²) in [5, 5.41) is 2.36. The van der Waals surface area contributed by atoms with Gasteiger partial charge in [-0.05, 0) is 29.3 Å². The molecule has 0 fully saturated rings. The van der Waals surface area contributed by atoms with E-state index in [0.717, 1.165) is 12.1 Å². The standard InChI is InChI=1S/C16H17NO/c1-3-17(2)16(18)12-11-14-9-6-8-13-7-4-5-10-15(13)14/h4-12H,3H2,1-2H3/b12-11+. The molecule has 2 rings (SSSR count). The smallest absolute Gasteiger partial charge is 0.246 e. The normalized spacial score (nSPS) is 11.0. The number of fused-ring (bicyclic) bond motifs is 1. The average Bonchev–Trinajstić information content (AvgIpc) is 2.43. The molecule has 0 atom stereocenters. The van der Waals surface area contributed by atoms with E-state index in [-0.39, 0.29) is 5.91 Å². The molecule has 0 aromatic heterocycles. The van der Waals surface area contributed by atoms with Gasteiger partial charge in [-0.2, -0.15) is 0 Å². The van der Waals surface area contributed by atoms with Crippen LogP contribution in [0.2, 0.25) is 0 Å². The summed E-state index contributed by atoms with van der Waals surface area (Å²) in [7, 11) is 1.80. The van der Waals surface area contributed by atoms with E-state index >= 15 is 0 Å². The van der Waals surface area contributed by atoms with Crippen LogP contribution in [0.3, 0.4) is 0 Å². The molecule has 0 saturated heterocycles. The van der Waals surface area contributed by atoms with Crippen LogP contribution in [0.5, 0.6) is 0 Å². The zero-order valence-electron chi connectivity index (χ0n) is 10.8. The van der Waals surface area contributed by atoms with Crippen molar-refractivity contribution >= 4 is 22.8 Å². The van der Waals surface area contributed by atoms with E-state index in [1.807, 2.05) is 37.3 Å². The van der Waals surface area contributed by atoms with E-state index in [1.165, 1.54) is 10.8 Å². The molecular weight excluding hydrogens is 222 g/mol. The highest BCUT2D eigenvalue weighted by molar-refractivity contribution is 5.96. The summed E-state index contributed by atoms with van der Waals surface area (Å²) >= 11 is 0. The maximum Gasteiger partial charge on any atom is 0.246 e. The van der Waals surface area contributed by atoms with Gasteiger partial charge >= 0.3 is 0 Å². The maximum absolute atomic E-state index is 11.7. The SMILES string of the molecule is CCN(C)C(=O)/C=C/c1cccc2ccccc12. The van der Waals surface area contributed by atoms with Crippen molar-refractivity contribution in [2.24, 2.45) is 0 Å². The number of hydrogen-bond donors (Lipinski definition) is 0. The number of rotatable bonds is 3. The van der Waals surface area contributed by atoms with Crippen LogP contribution >= 0.6 is 0 Å². The fourth-order valence-electron chi connectivity index (χ4n) is 1.84. The lowest BCUT2D eigenvalue weighted by Gasteiger charge is -2.10. The summed E-state index contributed by atoms with van der Waals surface area (Å²) in [6.45, 7) is 2.68. The van der Waals surface area contributed by atoms with Crippen molar-refractivity contribution < 1.29 is 4.79 Å². The number of hydrogen-bond acceptors (Lipinski definition) is 1. The summed E-state index contributed by atoms with van der Waals surface area (Å²) in [4.78, 5) is 13.4. The summed E-state index contributed by atoms with van der Waals surface area (Å²) in [6.07, 6.45) is 3.52. The van der Waals surface area contributed by atoms with E-state index in [1.54, 1.807) is 18.0 Å². The Morgan fingerprint density at radius 1 is 1.17 bits per heavy atom. The molecule has 0 aliphatic heterocycles. The molecule has 18 heavy (non-hydrogen) atoms. The Kier molecular flexibility index (Phi) is 3.78. The molecule has 0 saturated carbocycles. The Labute approximate surface area is 108 Å². The summed E-state index contributed by atoms with van der Waals surface area (Å²) in [5.41, 5.74) is 1.07. The van der Waals surface area contributed by atoms with E-state index in [2.05, 4.69) is 18.2 Å². The van der Waals surface area contributed by atoms with Gasteiger partial charge < -0.3 is 4.90 Å². The predicted octanol–water partition coefficient (Wildman–Crippen LogP) is 3.33. The predicted molar refractivity (Wildman–Crippen MR) is 76.3 cm³/mol. The lowest BCUT2D eigenvalue weighted by Crippen LogP contribution is -2.23. The van der Waals surface area contributed by atoms with Crippen LogP contribution in [0, 0.1) is 0 Å².